The van der Waals surface area contributed by atoms with E-state index in [0.29, 0.717) is 4.73 Å². The standard InChI is InChI=1S/C13H14BrFN2S2/c1-13(2,3)9-4-6-10(7-5-9)18-11-8-16-12(14)17(11)19-15/h4-8H,1-3H3. The molecule has 0 fully saturated rings. The van der Waals surface area contributed by atoms with Crippen LogP contribution in [0.2, 0.25) is 0 Å². The van der Waals surface area contributed by atoms with E-state index in [0.717, 1.165) is 9.92 Å². The molecule has 0 unspecified atom stereocenters. The summed E-state index contributed by atoms with van der Waals surface area (Å²) in [5, 5.41) is 0.753. The Balaban J connectivity index is 2.20. The average molecular weight is 361 g/mol. The van der Waals surface area contributed by atoms with Crippen molar-refractivity contribution < 1.29 is 3.89 Å². The first-order valence-electron chi connectivity index (χ1n) is 5.72. The number of halogens is 2. The van der Waals surface area contributed by atoms with Crippen molar-refractivity contribution in [2.75, 3.05) is 0 Å². The van der Waals surface area contributed by atoms with Crippen molar-refractivity contribution >= 4 is 40.0 Å². The van der Waals surface area contributed by atoms with Gasteiger partial charge in [0.25, 0.3) is 0 Å². The zero-order valence-electron chi connectivity index (χ0n) is 10.9. The van der Waals surface area contributed by atoms with Crippen molar-refractivity contribution in [1.29, 1.82) is 0 Å². The van der Waals surface area contributed by atoms with Gasteiger partial charge in [-0.25, -0.2) is 8.96 Å². The van der Waals surface area contributed by atoms with Crippen molar-refractivity contribution in [3.05, 3.63) is 40.8 Å². The second-order valence-electron chi connectivity index (χ2n) is 5.11. The summed E-state index contributed by atoms with van der Waals surface area (Å²) in [5.41, 5.74) is 1.43. The Morgan fingerprint density at radius 2 is 1.84 bits per heavy atom. The molecule has 0 saturated heterocycles. The monoisotopic (exact) mass is 360 g/mol. The largest absolute Gasteiger partial charge is 0.229 e. The van der Waals surface area contributed by atoms with Gasteiger partial charge in [0.2, 0.25) is 0 Å². The second-order valence-corrected chi connectivity index (χ2v) is 7.41. The number of imidazole rings is 1. The molecule has 0 aliphatic heterocycles. The van der Waals surface area contributed by atoms with Gasteiger partial charge in [0.15, 0.2) is 17.1 Å². The van der Waals surface area contributed by atoms with Gasteiger partial charge in [0.05, 0.1) is 6.20 Å². The Morgan fingerprint density at radius 3 is 2.37 bits per heavy atom. The molecule has 2 aromatic rings. The molecule has 0 atom stereocenters. The highest BCUT2D eigenvalue weighted by Gasteiger charge is 2.14. The van der Waals surface area contributed by atoms with Gasteiger partial charge in [-0.2, -0.15) is 0 Å². The Bertz CT molecular complexity index is 561. The lowest BCUT2D eigenvalue weighted by Gasteiger charge is -2.19. The number of rotatable bonds is 3. The first-order valence-corrected chi connectivity index (χ1v) is 8.01. The maximum Gasteiger partial charge on any atom is 0.190 e. The second kappa shape index (κ2) is 5.89. The third kappa shape index (κ3) is 3.55. The molecule has 0 aliphatic carbocycles. The van der Waals surface area contributed by atoms with Gasteiger partial charge in [-0.15, -0.1) is 3.89 Å². The first kappa shape index (κ1) is 14.9. The molecular weight excluding hydrogens is 347 g/mol. The van der Waals surface area contributed by atoms with Gasteiger partial charge in [-0.1, -0.05) is 44.7 Å². The van der Waals surface area contributed by atoms with Gasteiger partial charge in [0, 0.05) is 4.90 Å². The molecule has 102 valence electrons. The number of hydrogen-bond donors (Lipinski definition) is 0. The Morgan fingerprint density at radius 1 is 1.21 bits per heavy atom. The van der Waals surface area contributed by atoms with E-state index < -0.39 is 0 Å². The van der Waals surface area contributed by atoms with E-state index >= 15 is 0 Å². The highest BCUT2D eigenvalue weighted by molar-refractivity contribution is 9.10. The molecule has 0 aliphatic rings. The molecule has 0 bridgehead atoms. The lowest BCUT2D eigenvalue weighted by molar-refractivity contribution is 0.590. The molecule has 2 nitrogen and oxygen atoms in total. The Kier molecular flexibility index (Phi) is 4.63. The zero-order chi connectivity index (χ0) is 14.0. The molecule has 6 heteroatoms. The van der Waals surface area contributed by atoms with Gasteiger partial charge in [-0.05, 0) is 39.0 Å². The maximum absolute atomic E-state index is 12.8. The minimum Gasteiger partial charge on any atom is -0.229 e. The molecule has 1 aromatic carbocycles. The lowest BCUT2D eigenvalue weighted by Crippen LogP contribution is -2.10. The van der Waals surface area contributed by atoms with Crippen LogP contribution in [0.4, 0.5) is 3.89 Å². The van der Waals surface area contributed by atoms with Crippen LogP contribution in [-0.2, 0) is 5.41 Å². The molecule has 19 heavy (non-hydrogen) atoms. The molecule has 1 aromatic heterocycles. The predicted molar refractivity (Wildman–Crippen MR) is 83.3 cm³/mol. The summed E-state index contributed by atoms with van der Waals surface area (Å²) in [4.78, 5) is 5.10. The zero-order valence-corrected chi connectivity index (χ0v) is 14.1. The van der Waals surface area contributed by atoms with Crippen molar-refractivity contribution in [2.45, 2.75) is 36.1 Å². The van der Waals surface area contributed by atoms with Gasteiger partial charge in [0.1, 0.15) is 5.03 Å². The number of hydrogen-bond acceptors (Lipinski definition) is 3. The van der Waals surface area contributed by atoms with Crippen LogP contribution < -0.4 is 0 Å². The quantitative estimate of drug-likeness (QED) is 0.721. The molecule has 0 radical (unpaired) electrons. The van der Waals surface area contributed by atoms with Gasteiger partial charge < -0.3 is 0 Å². The van der Waals surface area contributed by atoms with Crippen LogP contribution in [0.25, 0.3) is 0 Å². The smallest absolute Gasteiger partial charge is 0.190 e. The Labute approximate surface area is 129 Å². The molecular formula is C13H14BrFN2S2. The molecule has 0 saturated carbocycles. The predicted octanol–water partition coefficient (Wildman–Crippen LogP) is 5.48. The SMILES string of the molecule is CC(C)(C)c1ccc(Sc2cnc(Br)n2SF)cc1. The van der Waals surface area contributed by atoms with Crippen LogP contribution in [0.5, 0.6) is 0 Å². The highest BCUT2D eigenvalue weighted by Crippen LogP contribution is 2.34. The number of nitrogens with zero attached hydrogens (tertiary/aromatic N) is 2. The molecule has 0 N–H and O–H groups in total. The third-order valence-corrected chi connectivity index (χ3v) is 5.08. The van der Waals surface area contributed by atoms with E-state index in [1.807, 2.05) is 0 Å². The van der Waals surface area contributed by atoms with Crippen molar-refractivity contribution in [2.24, 2.45) is 0 Å². The van der Waals surface area contributed by atoms with Crippen molar-refractivity contribution in [1.82, 2.24) is 8.96 Å². The van der Waals surface area contributed by atoms with Crippen LogP contribution >= 0.6 is 40.0 Å². The molecule has 0 spiro atoms. The minimum absolute atomic E-state index is 0.142. The number of benzene rings is 1. The summed E-state index contributed by atoms with van der Waals surface area (Å²) in [6.07, 6.45) is 1.65. The fourth-order valence-corrected chi connectivity index (χ4v) is 3.36. The highest BCUT2D eigenvalue weighted by atomic mass is 79.9. The van der Waals surface area contributed by atoms with Crippen molar-refractivity contribution in [3.63, 3.8) is 0 Å². The molecule has 1 heterocycles. The summed E-state index contributed by atoms with van der Waals surface area (Å²) in [7, 11) is 0. The van der Waals surface area contributed by atoms with Gasteiger partial charge in [-0.3, -0.25) is 0 Å². The average Bonchev–Trinajstić information content (AvgIpc) is 2.69. The van der Waals surface area contributed by atoms with Crippen LogP contribution in [0, 0.1) is 0 Å². The van der Waals surface area contributed by atoms with E-state index in [-0.39, 0.29) is 17.7 Å². The topological polar surface area (TPSA) is 17.8 Å². The summed E-state index contributed by atoms with van der Waals surface area (Å²) in [6, 6.07) is 8.33. The van der Waals surface area contributed by atoms with E-state index in [1.165, 1.54) is 21.3 Å². The normalized spacial score (nSPS) is 11.8. The van der Waals surface area contributed by atoms with E-state index in [9.17, 15) is 3.89 Å². The minimum atomic E-state index is 0.142. The van der Waals surface area contributed by atoms with Crippen LogP contribution in [0.1, 0.15) is 26.3 Å². The van der Waals surface area contributed by atoms with Crippen LogP contribution in [-0.4, -0.2) is 8.96 Å². The first-order chi connectivity index (χ1) is 8.91. The van der Waals surface area contributed by atoms with Crippen molar-refractivity contribution in [3.8, 4) is 0 Å². The fourth-order valence-electron chi connectivity index (χ4n) is 1.58. The summed E-state index contributed by atoms with van der Waals surface area (Å²) in [6.45, 7) is 6.54. The van der Waals surface area contributed by atoms with E-state index in [2.05, 4.69) is 66.0 Å². The van der Waals surface area contributed by atoms with E-state index in [4.69, 9.17) is 0 Å². The third-order valence-electron chi connectivity index (χ3n) is 2.66. The maximum atomic E-state index is 12.8. The number of aromatic nitrogens is 2. The molecule has 0 amide bonds. The lowest BCUT2D eigenvalue weighted by atomic mass is 9.87. The molecule has 2 rings (SSSR count). The Hall–Kier alpha value is -0.460. The van der Waals surface area contributed by atoms with Gasteiger partial charge >= 0.3 is 0 Å². The van der Waals surface area contributed by atoms with Crippen LogP contribution in [0.15, 0.2) is 45.1 Å². The summed E-state index contributed by atoms with van der Waals surface area (Å²) >= 11 is 4.84. The summed E-state index contributed by atoms with van der Waals surface area (Å²) in [5.74, 6) is 0. The van der Waals surface area contributed by atoms with Crippen LogP contribution in [0.3, 0.4) is 0 Å². The van der Waals surface area contributed by atoms with E-state index in [1.54, 1.807) is 6.20 Å². The fraction of sp³-hybridized carbons (Fsp3) is 0.308. The summed E-state index contributed by atoms with van der Waals surface area (Å²) < 4.78 is 14.7.